The van der Waals surface area contributed by atoms with E-state index in [0.29, 0.717) is 17.2 Å². The molecule has 0 bridgehead atoms. The fourth-order valence-electron chi connectivity index (χ4n) is 2.00. The number of hydrogen-bond acceptors (Lipinski definition) is 4. The van der Waals surface area contributed by atoms with Crippen LogP contribution >= 0.6 is 11.3 Å². The van der Waals surface area contributed by atoms with Crippen molar-refractivity contribution in [3.8, 4) is 0 Å². The summed E-state index contributed by atoms with van der Waals surface area (Å²) in [4.78, 5) is 4.40. The third-order valence-electron chi connectivity index (χ3n) is 2.81. The van der Waals surface area contributed by atoms with Gasteiger partial charge in [0.15, 0.2) is 0 Å². The van der Waals surface area contributed by atoms with E-state index in [-0.39, 0.29) is 5.82 Å². The number of hydrogen-bond donors (Lipinski definition) is 0. The van der Waals surface area contributed by atoms with E-state index in [9.17, 15) is 9.60 Å². The summed E-state index contributed by atoms with van der Waals surface area (Å²) in [7, 11) is 0. The molecule has 3 nitrogen and oxygen atoms in total. The highest BCUT2D eigenvalue weighted by atomic mass is 32.1. The van der Waals surface area contributed by atoms with Crippen LogP contribution in [0.15, 0.2) is 30.3 Å². The predicted octanol–water partition coefficient (Wildman–Crippen LogP) is 3.34. The molecule has 1 aliphatic rings. The molecule has 1 aromatic heterocycles. The molecule has 1 aliphatic heterocycles. The smallest absolute Gasteiger partial charge is 0.123 e. The van der Waals surface area contributed by atoms with E-state index < -0.39 is 0 Å². The summed E-state index contributed by atoms with van der Waals surface area (Å²) >= 11 is 1.39. The van der Waals surface area contributed by atoms with E-state index in [1.54, 1.807) is 12.1 Å². The molecule has 18 heavy (non-hydrogen) atoms. The molecular formula is C13H10FN2OS-. The molecule has 2 heterocycles. The molecule has 0 saturated heterocycles. The van der Waals surface area contributed by atoms with E-state index in [1.165, 1.54) is 23.5 Å². The lowest BCUT2D eigenvalue weighted by Gasteiger charge is -2.32. The Labute approximate surface area is 108 Å². The fraction of sp³-hybridized carbons (Fsp3) is 0.154. The van der Waals surface area contributed by atoms with Gasteiger partial charge in [0.25, 0.3) is 0 Å². The molecular weight excluding hydrogens is 251 g/mol. The molecule has 3 rings (SSSR count). The lowest BCUT2D eigenvalue weighted by molar-refractivity contribution is 0.627. The summed E-state index contributed by atoms with van der Waals surface area (Å²) in [5.41, 5.74) is 2.49. The summed E-state index contributed by atoms with van der Waals surface area (Å²) in [6.45, 7) is 2.18. The molecule has 2 aromatic rings. The number of aryl methyl sites for hydroxylation is 1. The lowest BCUT2D eigenvalue weighted by atomic mass is 10.0. The molecule has 0 unspecified atom stereocenters. The number of fused-ring (bicyclic) bond motifs is 1. The predicted molar refractivity (Wildman–Crippen MR) is 71.0 cm³/mol. The first-order valence-electron chi connectivity index (χ1n) is 5.54. The summed E-state index contributed by atoms with van der Waals surface area (Å²) < 4.78 is 12.9. The second-order valence-electron chi connectivity index (χ2n) is 4.07. The van der Waals surface area contributed by atoms with E-state index >= 15 is 0 Å². The minimum Gasteiger partial charge on any atom is -0.757 e. The average molecular weight is 261 g/mol. The molecule has 0 saturated carbocycles. The Morgan fingerprint density at radius 1 is 1.33 bits per heavy atom. The zero-order chi connectivity index (χ0) is 12.7. The second kappa shape index (κ2) is 4.19. The summed E-state index contributed by atoms with van der Waals surface area (Å²) in [5.74, 6) is -0.268. The van der Waals surface area contributed by atoms with Crippen molar-refractivity contribution in [2.24, 2.45) is 0 Å². The van der Waals surface area contributed by atoms with Crippen molar-refractivity contribution < 1.29 is 4.39 Å². The number of halogens is 1. The quantitative estimate of drug-likeness (QED) is 0.790. The maximum absolute atomic E-state index is 12.9. The Balaban J connectivity index is 2.10. The lowest BCUT2D eigenvalue weighted by Crippen LogP contribution is -2.18. The van der Waals surface area contributed by atoms with Crippen LogP contribution in [0.4, 0.5) is 9.39 Å². The maximum Gasteiger partial charge on any atom is 0.123 e. The maximum atomic E-state index is 12.9. The van der Waals surface area contributed by atoms with E-state index in [0.717, 1.165) is 21.2 Å². The van der Waals surface area contributed by atoms with E-state index in [2.05, 4.69) is 4.98 Å². The zero-order valence-electron chi connectivity index (χ0n) is 9.68. The van der Waals surface area contributed by atoms with Crippen LogP contribution in [0.3, 0.4) is 0 Å². The van der Waals surface area contributed by atoms with Crippen molar-refractivity contribution in [1.82, 2.24) is 4.98 Å². The van der Waals surface area contributed by atoms with Gasteiger partial charge in [-0.15, -0.1) is 11.3 Å². The molecule has 5 heteroatoms. The van der Waals surface area contributed by atoms with Crippen molar-refractivity contribution in [3.63, 3.8) is 0 Å². The SMILES string of the molecule is Cc1nc2c(s1)N([O-])CC=C2c1ccc(F)cc1. The van der Waals surface area contributed by atoms with Crippen LogP contribution in [0.2, 0.25) is 0 Å². The Morgan fingerprint density at radius 2 is 2.06 bits per heavy atom. The minimum absolute atomic E-state index is 0.268. The first-order valence-corrected chi connectivity index (χ1v) is 6.35. The summed E-state index contributed by atoms with van der Waals surface area (Å²) in [6, 6.07) is 6.25. The molecule has 0 spiro atoms. The molecule has 0 N–H and O–H groups in total. The largest absolute Gasteiger partial charge is 0.757 e. The molecule has 0 radical (unpaired) electrons. The van der Waals surface area contributed by atoms with Gasteiger partial charge in [0.05, 0.1) is 5.01 Å². The number of benzene rings is 1. The summed E-state index contributed by atoms with van der Waals surface area (Å²) in [6.07, 6.45) is 1.84. The van der Waals surface area contributed by atoms with Gasteiger partial charge in [-0.1, -0.05) is 18.2 Å². The van der Waals surface area contributed by atoms with Gasteiger partial charge in [0.1, 0.15) is 16.5 Å². The molecule has 0 amide bonds. The van der Waals surface area contributed by atoms with Crippen molar-refractivity contribution in [1.29, 1.82) is 0 Å². The molecule has 0 aliphatic carbocycles. The first-order chi connectivity index (χ1) is 8.65. The normalized spacial score (nSPS) is 14.4. The number of anilines is 1. The number of aromatic nitrogens is 1. The van der Waals surface area contributed by atoms with Crippen LogP contribution in [-0.4, -0.2) is 11.5 Å². The van der Waals surface area contributed by atoms with Gasteiger partial charge in [-0.25, -0.2) is 9.37 Å². The van der Waals surface area contributed by atoms with E-state index in [1.807, 2.05) is 13.0 Å². The van der Waals surface area contributed by atoms with Gasteiger partial charge < -0.3 is 10.3 Å². The van der Waals surface area contributed by atoms with Crippen LogP contribution < -0.4 is 5.06 Å². The van der Waals surface area contributed by atoms with Crippen LogP contribution in [0.25, 0.3) is 5.57 Å². The van der Waals surface area contributed by atoms with Crippen LogP contribution in [-0.2, 0) is 0 Å². The minimum atomic E-state index is -0.268. The Kier molecular flexibility index (Phi) is 2.65. The van der Waals surface area contributed by atoms with Crippen LogP contribution in [0.1, 0.15) is 16.3 Å². The van der Waals surface area contributed by atoms with Crippen LogP contribution in [0, 0.1) is 17.9 Å². The number of hydroxylamine groups is 1. The third-order valence-corrected chi connectivity index (χ3v) is 3.79. The highest BCUT2D eigenvalue weighted by molar-refractivity contribution is 7.16. The average Bonchev–Trinajstić information content (AvgIpc) is 2.74. The molecule has 0 atom stereocenters. The Hall–Kier alpha value is -1.72. The summed E-state index contributed by atoms with van der Waals surface area (Å²) in [5, 5.41) is 14.1. The number of nitrogens with zero attached hydrogens (tertiary/aromatic N) is 2. The third kappa shape index (κ3) is 1.81. The Bertz CT molecular complexity index is 618. The van der Waals surface area contributed by atoms with Crippen molar-refractivity contribution in [2.45, 2.75) is 6.92 Å². The highest BCUT2D eigenvalue weighted by Crippen LogP contribution is 2.38. The topological polar surface area (TPSA) is 39.2 Å². The van der Waals surface area contributed by atoms with Crippen molar-refractivity contribution >= 4 is 21.9 Å². The molecule has 92 valence electrons. The second-order valence-corrected chi connectivity index (χ2v) is 5.25. The van der Waals surface area contributed by atoms with Gasteiger partial charge in [0.2, 0.25) is 0 Å². The van der Waals surface area contributed by atoms with Crippen molar-refractivity contribution in [2.75, 3.05) is 11.6 Å². The molecule has 1 aromatic carbocycles. The molecule has 0 fully saturated rings. The monoisotopic (exact) mass is 261 g/mol. The number of rotatable bonds is 1. The van der Waals surface area contributed by atoms with Gasteiger partial charge in [-0.3, -0.25) is 0 Å². The van der Waals surface area contributed by atoms with Gasteiger partial charge in [-0.2, -0.15) is 0 Å². The zero-order valence-corrected chi connectivity index (χ0v) is 10.5. The Morgan fingerprint density at radius 3 is 2.78 bits per heavy atom. The van der Waals surface area contributed by atoms with Crippen LogP contribution in [0.5, 0.6) is 0 Å². The standard InChI is InChI=1S/C13H10FN2OS/c1-8-15-12-11(6-7-16(17)13(12)18-8)9-2-4-10(14)5-3-9/h2-6H,7H2,1H3/q-1. The highest BCUT2D eigenvalue weighted by Gasteiger charge is 2.19. The number of thiazole rings is 1. The van der Waals surface area contributed by atoms with E-state index in [4.69, 9.17) is 0 Å². The fourth-order valence-corrected chi connectivity index (χ4v) is 2.84. The van der Waals surface area contributed by atoms with Crippen molar-refractivity contribution in [3.05, 3.63) is 57.6 Å². The van der Waals surface area contributed by atoms with Gasteiger partial charge in [0, 0.05) is 12.1 Å². The van der Waals surface area contributed by atoms with Gasteiger partial charge in [-0.05, 0) is 24.6 Å². The van der Waals surface area contributed by atoms with Gasteiger partial charge >= 0.3 is 0 Å². The first kappa shape index (κ1) is 11.4.